The number of hydrogen-bond donors (Lipinski definition) is 0. The number of fused-ring (bicyclic) bond motifs is 1. The fraction of sp³-hybridized carbons (Fsp3) is 0.200. The lowest BCUT2D eigenvalue weighted by Crippen LogP contribution is -2.09. The zero-order chi connectivity index (χ0) is 18.5. The molecule has 0 fully saturated rings. The van der Waals surface area contributed by atoms with Crippen molar-refractivity contribution in [1.82, 2.24) is 4.98 Å². The maximum atomic E-state index is 13.8. The molecular weight excluding hydrogens is 340 g/mol. The molecule has 0 unspecified atom stereocenters. The van der Waals surface area contributed by atoms with Crippen LogP contribution in [0.15, 0.2) is 48.7 Å². The second kappa shape index (κ2) is 7.91. The van der Waals surface area contributed by atoms with Gasteiger partial charge in [0, 0.05) is 11.6 Å². The molecule has 0 spiro atoms. The third-order valence-corrected chi connectivity index (χ3v) is 3.81. The average Bonchev–Trinajstić information content (AvgIpc) is 2.65. The molecule has 0 atom stereocenters. The highest BCUT2D eigenvalue weighted by molar-refractivity contribution is 6.03. The number of hydrogen-bond acceptors (Lipinski definition) is 4. The van der Waals surface area contributed by atoms with Gasteiger partial charge in [0.15, 0.2) is 17.3 Å². The van der Waals surface area contributed by atoms with E-state index in [1.165, 1.54) is 18.3 Å². The van der Waals surface area contributed by atoms with Gasteiger partial charge in [-0.3, -0.25) is 0 Å². The minimum Gasteiger partial charge on any atom is -0.461 e. The molecule has 0 saturated heterocycles. The van der Waals surface area contributed by atoms with Crippen LogP contribution in [0.25, 0.3) is 10.8 Å². The third-order valence-electron chi connectivity index (χ3n) is 3.81. The molecule has 0 bridgehead atoms. The molecule has 0 radical (unpaired) electrons. The molecule has 3 aromatic rings. The lowest BCUT2D eigenvalue weighted by atomic mass is 10.1. The van der Waals surface area contributed by atoms with E-state index < -0.39 is 17.6 Å². The number of nitrogens with zero attached hydrogens (tertiary/aromatic N) is 1. The Balaban J connectivity index is 1.93. The first-order chi connectivity index (χ1) is 12.6. The molecule has 0 aliphatic rings. The summed E-state index contributed by atoms with van der Waals surface area (Å²) in [4.78, 5) is 16.4. The van der Waals surface area contributed by atoms with Gasteiger partial charge in [0.1, 0.15) is 5.75 Å². The number of esters is 1. The van der Waals surface area contributed by atoms with Gasteiger partial charge in [-0.1, -0.05) is 25.5 Å². The van der Waals surface area contributed by atoms with Crippen LogP contribution in [0.2, 0.25) is 0 Å². The summed E-state index contributed by atoms with van der Waals surface area (Å²) in [5.74, 6) is -2.57. The number of benzene rings is 2. The van der Waals surface area contributed by atoms with Crippen molar-refractivity contribution in [2.45, 2.75) is 19.8 Å². The predicted molar refractivity (Wildman–Crippen MR) is 93.4 cm³/mol. The van der Waals surface area contributed by atoms with E-state index in [9.17, 15) is 13.6 Å². The van der Waals surface area contributed by atoms with Crippen molar-refractivity contribution in [2.24, 2.45) is 0 Å². The number of rotatable bonds is 6. The second-order valence-corrected chi connectivity index (χ2v) is 5.69. The van der Waals surface area contributed by atoms with E-state index in [1.807, 2.05) is 6.92 Å². The Morgan fingerprint density at radius 2 is 2.00 bits per heavy atom. The fourth-order valence-electron chi connectivity index (χ4n) is 2.44. The van der Waals surface area contributed by atoms with Gasteiger partial charge < -0.3 is 9.47 Å². The highest BCUT2D eigenvalue weighted by atomic mass is 19.2. The summed E-state index contributed by atoms with van der Waals surface area (Å²) in [5, 5.41) is 1.28. The lowest BCUT2D eigenvalue weighted by Gasteiger charge is -2.10. The number of pyridine rings is 1. The second-order valence-electron chi connectivity index (χ2n) is 5.69. The van der Waals surface area contributed by atoms with Crippen LogP contribution in [0.5, 0.6) is 11.5 Å². The maximum Gasteiger partial charge on any atom is 0.357 e. The summed E-state index contributed by atoms with van der Waals surface area (Å²) in [6.07, 6.45) is 3.20. The Kier molecular flexibility index (Phi) is 5.41. The molecule has 0 amide bonds. The van der Waals surface area contributed by atoms with E-state index in [-0.39, 0.29) is 17.2 Å². The van der Waals surface area contributed by atoms with Crippen LogP contribution in [0.3, 0.4) is 0 Å². The van der Waals surface area contributed by atoms with Gasteiger partial charge in [-0.15, -0.1) is 0 Å². The predicted octanol–water partition coefficient (Wildman–Crippen LogP) is 5.26. The number of ether oxygens (including phenoxy) is 2. The number of unbranched alkanes of at least 4 members (excludes halogenated alkanes) is 1. The summed E-state index contributed by atoms with van der Waals surface area (Å²) >= 11 is 0. The molecule has 0 aliphatic carbocycles. The zero-order valence-electron chi connectivity index (χ0n) is 14.2. The molecule has 0 N–H and O–H groups in total. The smallest absolute Gasteiger partial charge is 0.357 e. The van der Waals surface area contributed by atoms with E-state index in [2.05, 4.69) is 4.98 Å². The first-order valence-electron chi connectivity index (χ1n) is 8.28. The van der Waals surface area contributed by atoms with Crippen LogP contribution in [0, 0.1) is 11.6 Å². The standard InChI is InChI=1S/C20H17F2NO3/c1-2-3-11-25-20(24)19-15-12-14(8-7-13(15)9-10-23-19)26-17-6-4-5-16(21)18(17)22/h4-10,12H,2-3,11H2,1H3. The van der Waals surface area contributed by atoms with Gasteiger partial charge in [0.05, 0.1) is 6.61 Å². The van der Waals surface area contributed by atoms with E-state index in [0.29, 0.717) is 12.0 Å². The van der Waals surface area contributed by atoms with E-state index >= 15 is 0 Å². The molecule has 1 aromatic heterocycles. The molecule has 4 nitrogen and oxygen atoms in total. The minimum absolute atomic E-state index is 0.156. The topological polar surface area (TPSA) is 48.4 Å². The summed E-state index contributed by atoms with van der Waals surface area (Å²) < 4.78 is 37.8. The molecule has 26 heavy (non-hydrogen) atoms. The average molecular weight is 357 g/mol. The highest BCUT2D eigenvalue weighted by Gasteiger charge is 2.15. The number of aromatic nitrogens is 1. The van der Waals surface area contributed by atoms with Crippen LogP contribution in [-0.4, -0.2) is 17.6 Å². The van der Waals surface area contributed by atoms with E-state index in [1.54, 1.807) is 24.3 Å². The Morgan fingerprint density at radius 1 is 1.15 bits per heavy atom. The molecular formula is C20H17F2NO3. The zero-order valence-corrected chi connectivity index (χ0v) is 14.2. The van der Waals surface area contributed by atoms with Crippen LogP contribution in [0.1, 0.15) is 30.3 Å². The maximum absolute atomic E-state index is 13.8. The number of carbonyl (C=O) groups excluding carboxylic acids is 1. The molecule has 3 rings (SSSR count). The largest absolute Gasteiger partial charge is 0.461 e. The van der Waals surface area contributed by atoms with Crippen LogP contribution in [-0.2, 0) is 4.74 Å². The van der Waals surface area contributed by atoms with Crippen molar-refractivity contribution in [1.29, 1.82) is 0 Å². The highest BCUT2D eigenvalue weighted by Crippen LogP contribution is 2.29. The van der Waals surface area contributed by atoms with E-state index in [0.717, 1.165) is 24.3 Å². The number of halogens is 2. The summed E-state index contributed by atoms with van der Waals surface area (Å²) in [7, 11) is 0. The molecule has 0 aliphatic heterocycles. The Morgan fingerprint density at radius 3 is 2.81 bits per heavy atom. The van der Waals surface area contributed by atoms with Crippen LogP contribution < -0.4 is 4.74 Å². The molecule has 1 heterocycles. The monoisotopic (exact) mass is 357 g/mol. The quantitative estimate of drug-likeness (QED) is 0.446. The third kappa shape index (κ3) is 3.79. The Bertz CT molecular complexity index is 943. The van der Waals surface area contributed by atoms with Gasteiger partial charge in [0.25, 0.3) is 0 Å². The van der Waals surface area contributed by atoms with Crippen molar-refractivity contribution in [3.05, 3.63) is 66.0 Å². The lowest BCUT2D eigenvalue weighted by molar-refractivity contribution is 0.0495. The molecule has 0 saturated carbocycles. The van der Waals surface area contributed by atoms with Crippen molar-refractivity contribution < 1.29 is 23.0 Å². The van der Waals surface area contributed by atoms with Crippen molar-refractivity contribution in [2.75, 3.05) is 6.61 Å². The molecule has 6 heteroatoms. The van der Waals surface area contributed by atoms with Crippen LogP contribution >= 0.6 is 0 Å². The fourth-order valence-corrected chi connectivity index (χ4v) is 2.44. The van der Waals surface area contributed by atoms with Gasteiger partial charge in [-0.2, -0.15) is 4.39 Å². The SMILES string of the molecule is CCCCOC(=O)c1nccc2ccc(Oc3cccc(F)c3F)cc12. The van der Waals surface area contributed by atoms with Gasteiger partial charge in [-0.05, 0) is 42.1 Å². The Labute approximate surface area is 149 Å². The van der Waals surface area contributed by atoms with Gasteiger partial charge in [0.2, 0.25) is 5.82 Å². The normalized spacial score (nSPS) is 10.7. The van der Waals surface area contributed by atoms with E-state index in [4.69, 9.17) is 9.47 Å². The van der Waals surface area contributed by atoms with Crippen LogP contribution in [0.4, 0.5) is 8.78 Å². The first-order valence-corrected chi connectivity index (χ1v) is 8.28. The summed E-state index contributed by atoms with van der Waals surface area (Å²) in [5.41, 5.74) is 0.156. The molecule has 2 aromatic carbocycles. The Hall–Kier alpha value is -3.02. The van der Waals surface area contributed by atoms with Crippen molar-refractivity contribution >= 4 is 16.7 Å². The molecule has 134 valence electrons. The summed E-state index contributed by atoms with van der Waals surface area (Å²) in [6, 6.07) is 10.3. The van der Waals surface area contributed by atoms with Crippen molar-refractivity contribution in [3.8, 4) is 11.5 Å². The number of carbonyl (C=O) groups is 1. The van der Waals surface area contributed by atoms with Crippen molar-refractivity contribution in [3.63, 3.8) is 0 Å². The minimum atomic E-state index is -1.07. The first kappa shape index (κ1) is 17.8. The summed E-state index contributed by atoms with van der Waals surface area (Å²) in [6.45, 7) is 2.32. The van der Waals surface area contributed by atoms with Gasteiger partial charge in [-0.25, -0.2) is 14.2 Å². The van der Waals surface area contributed by atoms with Gasteiger partial charge >= 0.3 is 5.97 Å².